The van der Waals surface area contributed by atoms with Crippen LogP contribution in [0.4, 0.5) is 0 Å². The van der Waals surface area contributed by atoms with E-state index in [1.165, 1.54) is 0 Å². The lowest BCUT2D eigenvalue weighted by atomic mass is 10.0. The third-order valence-electron chi connectivity index (χ3n) is 5.85. The molecule has 0 saturated heterocycles. The van der Waals surface area contributed by atoms with Crippen molar-refractivity contribution >= 4 is 46.4 Å². The van der Waals surface area contributed by atoms with Gasteiger partial charge in [0.1, 0.15) is 18.1 Å². The molecule has 1 aromatic heterocycles. The van der Waals surface area contributed by atoms with Crippen molar-refractivity contribution in [3.63, 3.8) is 0 Å². The number of rotatable bonds is 15. The summed E-state index contributed by atoms with van der Waals surface area (Å²) >= 11 is 0. The maximum Gasteiger partial charge on any atom is 0.326 e. The summed E-state index contributed by atoms with van der Waals surface area (Å²) in [6.07, 6.45) is -0.971. The maximum atomic E-state index is 13.0. The van der Waals surface area contributed by atoms with Crippen LogP contribution in [0, 0.1) is 0 Å². The highest BCUT2D eigenvalue weighted by atomic mass is 16.4. The van der Waals surface area contributed by atoms with Gasteiger partial charge in [-0.2, -0.15) is 0 Å². The number of carbonyl (C=O) groups excluding carboxylic acids is 5. The minimum absolute atomic E-state index is 0.120. The first-order chi connectivity index (χ1) is 18.3. The Bertz CT molecular complexity index is 1230. The number of hydrogen-bond donors (Lipinski definition) is 9. The van der Waals surface area contributed by atoms with E-state index < -0.39 is 72.2 Å². The van der Waals surface area contributed by atoms with Gasteiger partial charge in [-0.25, -0.2) is 4.79 Å². The highest BCUT2D eigenvalue weighted by Gasteiger charge is 2.33. The fourth-order valence-electron chi connectivity index (χ4n) is 3.79. The minimum Gasteiger partial charge on any atom is -0.480 e. The van der Waals surface area contributed by atoms with Crippen LogP contribution in [-0.2, 0) is 35.2 Å². The number of hydrogen-bond acceptors (Lipinski definition) is 8. The molecule has 5 amide bonds. The molecule has 212 valence electrons. The lowest BCUT2D eigenvalue weighted by molar-refractivity contribution is -0.144. The molecule has 0 bridgehead atoms. The number of aromatic amines is 1. The Balaban J connectivity index is 2.14. The molecule has 1 aromatic carbocycles. The van der Waals surface area contributed by atoms with E-state index in [9.17, 15) is 39.0 Å². The summed E-state index contributed by atoms with van der Waals surface area (Å²) in [5.41, 5.74) is 17.9. The summed E-state index contributed by atoms with van der Waals surface area (Å²) in [7, 11) is 0. The van der Waals surface area contributed by atoms with Crippen molar-refractivity contribution in [3.8, 4) is 0 Å². The van der Waals surface area contributed by atoms with Crippen molar-refractivity contribution < 1.29 is 39.0 Å². The molecule has 5 atom stereocenters. The van der Waals surface area contributed by atoms with Crippen LogP contribution in [0.15, 0.2) is 30.5 Å². The van der Waals surface area contributed by atoms with Crippen LogP contribution in [0.2, 0.25) is 0 Å². The Labute approximate surface area is 222 Å². The molecular weight excluding hydrogens is 514 g/mol. The Hall–Kier alpha value is -4.50. The number of primary amides is 2. The van der Waals surface area contributed by atoms with E-state index in [1.807, 2.05) is 29.6 Å². The predicted octanol–water partition coefficient (Wildman–Crippen LogP) is -2.90. The third kappa shape index (κ3) is 9.08. The number of para-hydroxylation sites is 1. The fraction of sp³-hybridized carbons (Fsp3) is 0.417. The van der Waals surface area contributed by atoms with Gasteiger partial charge >= 0.3 is 5.97 Å². The van der Waals surface area contributed by atoms with Crippen LogP contribution in [0.1, 0.15) is 31.7 Å². The van der Waals surface area contributed by atoms with Crippen molar-refractivity contribution in [1.29, 1.82) is 0 Å². The first-order valence-electron chi connectivity index (χ1n) is 12.0. The van der Waals surface area contributed by atoms with Crippen LogP contribution < -0.4 is 33.2 Å². The second-order valence-electron chi connectivity index (χ2n) is 9.03. The first kappa shape index (κ1) is 30.7. The molecule has 39 heavy (non-hydrogen) atoms. The van der Waals surface area contributed by atoms with Gasteiger partial charge in [-0.3, -0.25) is 24.0 Å². The molecule has 12 N–H and O–H groups in total. The molecule has 0 spiro atoms. The van der Waals surface area contributed by atoms with E-state index in [4.69, 9.17) is 17.2 Å². The number of aliphatic hydroxyl groups excluding tert-OH is 1. The van der Waals surface area contributed by atoms with Crippen molar-refractivity contribution in [2.45, 2.75) is 62.9 Å². The molecule has 0 aliphatic heterocycles. The molecule has 0 fully saturated rings. The van der Waals surface area contributed by atoms with E-state index in [0.717, 1.165) is 23.4 Å². The van der Waals surface area contributed by atoms with E-state index >= 15 is 0 Å². The zero-order valence-corrected chi connectivity index (χ0v) is 21.2. The zero-order chi connectivity index (χ0) is 29.3. The van der Waals surface area contributed by atoms with Crippen LogP contribution >= 0.6 is 0 Å². The molecule has 0 radical (unpaired) electrons. The second kappa shape index (κ2) is 13.9. The number of benzene rings is 1. The number of amides is 5. The molecular formula is C24H33N7O8. The largest absolute Gasteiger partial charge is 0.480 e. The molecule has 2 rings (SSSR count). The number of carboxylic acids is 1. The Morgan fingerprint density at radius 3 is 2.15 bits per heavy atom. The highest BCUT2D eigenvalue weighted by Crippen LogP contribution is 2.18. The van der Waals surface area contributed by atoms with E-state index in [1.54, 1.807) is 6.20 Å². The molecule has 5 unspecified atom stereocenters. The first-order valence-corrected chi connectivity index (χ1v) is 12.0. The maximum absolute atomic E-state index is 13.0. The number of nitrogens with two attached hydrogens (primary N) is 3. The molecule has 0 saturated carbocycles. The average Bonchev–Trinajstić information content (AvgIpc) is 3.26. The Morgan fingerprint density at radius 1 is 0.923 bits per heavy atom. The summed E-state index contributed by atoms with van der Waals surface area (Å²) < 4.78 is 0. The van der Waals surface area contributed by atoms with Crippen LogP contribution in [0.5, 0.6) is 0 Å². The number of H-pyrrole nitrogens is 1. The lowest BCUT2D eigenvalue weighted by Gasteiger charge is -2.26. The zero-order valence-electron chi connectivity index (χ0n) is 21.2. The fourth-order valence-corrected chi connectivity index (χ4v) is 3.79. The van der Waals surface area contributed by atoms with E-state index in [0.29, 0.717) is 0 Å². The van der Waals surface area contributed by atoms with Gasteiger partial charge in [-0.15, -0.1) is 0 Å². The van der Waals surface area contributed by atoms with Crippen LogP contribution in [0.3, 0.4) is 0 Å². The number of aliphatic carboxylic acids is 1. The minimum atomic E-state index is -1.71. The number of carbonyl (C=O) groups is 6. The number of carboxylic acid groups (broad SMARTS) is 1. The summed E-state index contributed by atoms with van der Waals surface area (Å²) in [6, 6.07) is 1.53. The van der Waals surface area contributed by atoms with Gasteiger partial charge in [0.05, 0.1) is 18.6 Å². The van der Waals surface area contributed by atoms with Crippen molar-refractivity contribution in [2.24, 2.45) is 17.2 Å². The van der Waals surface area contributed by atoms with Gasteiger partial charge < -0.3 is 48.3 Å². The summed E-state index contributed by atoms with van der Waals surface area (Å²) in [6.45, 7) is 1.16. The van der Waals surface area contributed by atoms with Gasteiger partial charge in [0, 0.05) is 23.5 Å². The van der Waals surface area contributed by atoms with E-state index in [-0.39, 0.29) is 19.3 Å². The molecule has 15 heteroatoms. The van der Waals surface area contributed by atoms with Gasteiger partial charge in [0.25, 0.3) is 0 Å². The van der Waals surface area contributed by atoms with E-state index in [2.05, 4.69) is 15.6 Å². The Morgan fingerprint density at radius 2 is 1.56 bits per heavy atom. The average molecular weight is 548 g/mol. The van der Waals surface area contributed by atoms with Crippen molar-refractivity contribution in [2.75, 3.05) is 0 Å². The summed E-state index contributed by atoms with van der Waals surface area (Å²) in [5.74, 6) is -6.14. The third-order valence-corrected chi connectivity index (χ3v) is 5.85. The topological polar surface area (TPSA) is 273 Å². The monoisotopic (exact) mass is 547 g/mol. The molecule has 0 aliphatic rings. The summed E-state index contributed by atoms with van der Waals surface area (Å²) in [4.78, 5) is 75.4. The number of fused-ring (bicyclic) bond motifs is 1. The van der Waals surface area contributed by atoms with Gasteiger partial charge in [-0.1, -0.05) is 18.2 Å². The van der Waals surface area contributed by atoms with Gasteiger partial charge in [0.15, 0.2) is 0 Å². The SMILES string of the molecule is CC(O)C(NC(=O)C(CCC(N)=O)NC(=O)C(N)Cc1c[nH]c2ccccc12)C(=O)NC(CC(N)=O)C(=O)O. The number of nitrogens with one attached hydrogen (secondary N) is 4. The van der Waals surface area contributed by atoms with Crippen molar-refractivity contribution in [1.82, 2.24) is 20.9 Å². The number of aromatic nitrogens is 1. The second-order valence-corrected chi connectivity index (χ2v) is 9.03. The quantitative estimate of drug-likeness (QED) is 0.110. The highest BCUT2D eigenvalue weighted by molar-refractivity contribution is 5.95. The van der Waals surface area contributed by atoms with Crippen LogP contribution in [-0.4, -0.2) is 81.0 Å². The van der Waals surface area contributed by atoms with Gasteiger partial charge in [-0.05, 0) is 31.4 Å². The van der Waals surface area contributed by atoms with Gasteiger partial charge in [0.2, 0.25) is 29.5 Å². The van der Waals surface area contributed by atoms with Crippen LogP contribution in [0.25, 0.3) is 10.9 Å². The predicted molar refractivity (Wildman–Crippen MR) is 137 cm³/mol. The van der Waals surface area contributed by atoms with Crippen molar-refractivity contribution in [3.05, 3.63) is 36.0 Å². The Kier molecular flexibility index (Phi) is 10.9. The molecule has 2 aromatic rings. The lowest BCUT2D eigenvalue weighted by Crippen LogP contribution is -2.60. The normalized spacial score (nSPS) is 14.8. The standard InChI is InChI=1S/C24H33N7O8/c1-11(32)20(23(37)30-17(24(38)39)9-19(27)34)31-22(36)16(6-7-18(26)33)29-21(35)14(25)8-12-10-28-15-5-3-2-4-13(12)15/h2-5,10-11,14,16-17,20,28,32H,6-9,25H2,1H3,(H2,26,33)(H2,27,34)(H,29,35)(H,30,37)(H,31,36)(H,38,39). The molecule has 1 heterocycles. The molecule has 0 aliphatic carbocycles. The smallest absolute Gasteiger partial charge is 0.326 e. The number of aliphatic hydroxyl groups is 1. The molecule has 15 nitrogen and oxygen atoms in total. The summed E-state index contributed by atoms with van der Waals surface area (Å²) in [5, 5.41) is 26.8.